The molecule has 27 heavy (non-hydrogen) atoms. The molecule has 4 heterocycles. The third-order valence-corrected chi connectivity index (χ3v) is 6.55. The molecule has 1 saturated carbocycles. The molecule has 0 saturated heterocycles. The number of nitrogen functional groups attached to an aromatic ring is 1. The molecule has 1 unspecified atom stereocenters. The van der Waals surface area contributed by atoms with Crippen molar-refractivity contribution >= 4 is 35.0 Å². The molecule has 3 aromatic heterocycles. The zero-order valence-electron chi connectivity index (χ0n) is 14.7. The van der Waals surface area contributed by atoms with Gasteiger partial charge in [0.05, 0.1) is 11.6 Å². The average Bonchev–Trinajstić information content (AvgIpc) is 3.42. The Morgan fingerprint density at radius 3 is 2.89 bits per heavy atom. The molecule has 0 bridgehead atoms. The summed E-state index contributed by atoms with van der Waals surface area (Å²) in [6, 6.07) is 2.53. The lowest BCUT2D eigenvalue weighted by atomic mass is 9.94. The van der Waals surface area contributed by atoms with Crippen molar-refractivity contribution in [1.82, 2.24) is 35.1 Å². The Morgan fingerprint density at radius 1 is 1.19 bits per heavy atom. The van der Waals surface area contributed by atoms with Crippen molar-refractivity contribution in [2.24, 2.45) is 5.10 Å². The smallest absolute Gasteiger partial charge is 0.240 e. The van der Waals surface area contributed by atoms with Crippen LogP contribution in [-0.2, 0) is 0 Å². The van der Waals surface area contributed by atoms with Crippen LogP contribution >= 0.6 is 11.8 Å². The molecular formula is C17H21N9S. The Labute approximate surface area is 160 Å². The van der Waals surface area contributed by atoms with Gasteiger partial charge in [0.15, 0.2) is 5.16 Å². The fourth-order valence-corrected chi connectivity index (χ4v) is 5.05. The zero-order valence-corrected chi connectivity index (χ0v) is 15.6. The van der Waals surface area contributed by atoms with Crippen molar-refractivity contribution in [3.05, 3.63) is 24.3 Å². The molecule has 5 rings (SSSR count). The minimum Gasteiger partial charge on any atom is -0.366 e. The molecule has 1 atom stereocenters. The van der Waals surface area contributed by atoms with Crippen LogP contribution in [0, 0.1) is 0 Å². The fraction of sp³-hybridized carbons (Fsp3) is 0.471. The summed E-state index contributed by atoms with van der Waals surface area (Å²) in [5.74, 6) is 0.528. The molecule has 0 amide bonds. The van der Waals surface area contributed by atoms with Crippen LogP contribution in [0.1, 0.15) is 37.3 Å². The number of rotatable bonds is 4. The summed E-state index contributed by atoms with van der Waals surface area (Å²) in [7, 11) is 0. The Bertz CT molecular complexity index is 956. The van der Waals surface area contributed by atoms with E-state index in [2.05, 4.69) is 35.1 Å². The Hall–Kier alpha value is -2.62. The monoisotopic (exact) mass is 383 g/mol. The van der Waals surface area contributed by atoms with Crippen LogP contribution < -0.4 is 5.73 Å². The zero-order chi connectivity index (χ0) is 18.2. The van der Waals surface area contributed by atoms with Crippen LogP contribution in [0.2, 0.25) is 0 Å². The first kappa shape index (κ1) is 16.5. The number of hydrazone groups is 1. The van der Waals surface area contributed by atoms with E-state index in [0.29, 0.717) is 17.2 Å². The van der Waals surface area contributed by atoms with Crippen LogP contribution in [0.3, 0.4) is 0 Å². The van der Waals surface area contributed by atoms with E-state index in [0.717, 1.165) is 54.1 Å². The lowest BCUT2D eigenvalue weighted by molar-refractivity contribution is 0.176. The highest BCUT2D eigenvalue weighted by Gasteiger charge is 2.31. The Balaban J connectivity index is 1.19. The number of H-pyrrole nitrogens is 2. The maximum Gasteiger partial charge on any atom is 0.240 e. The van der Waals surface area contributed by atoms with Crippen molar-refractivity contribution < 1.29 is 0 Å². The van der Waals surface area contributed by atoms with Crippen LogP contribution in [0.5, 0.6) is 0 Å². The lowest BCUT2D eigenvalue weighted by Crippen LogP contribution is -2.34. The van der Waals surface area contributed by atoms with E-state index in [1.807, 2.05) is 18.5 Å². The molecule has 140 valence electrons. The van der Waals surface area contributed by atoms with Gasteiger partial charge in [0.1, 0.15) is 12.0 Å². The highest BCUT2D eigenvalue weighted by atomic mass is 32.2. The second-order valence-electron chi connectivity index (χ2n) is 7.04. The van der Waals surface area contributed by atoms with Crippen molar-refractivity contribution in [2.45, 2.75) is 48.0 Å². The van der Waals surface area contributed by atoms with Gasteiger partial charge < -0.3 is 10.7 Å². The predicted molar refractivity (Wildman–Crippen MR) is 105 cm³/mol. The summed E-state index contributed by atoms with van der Waals surface area (Å²) in [6.45, 7) is 0.887. The van der Waals surface area contributed by atoms with Gasteiger partial charge in [-0.05, 0) is 31.7 Å². The van der Waals surface area contributed by atoms with Gasteiger partial charge in [0.2, 0.25) is 5.95 Å². The lowest BCUT2D eigenvalue weighted by Gasteiger charge is -2.33. The number of aromatic nitrogens is 6. The molecular weight excluding hydrogens is 362 g/mol. The van der Waals surface area contributed by atoms with E-state index >= 15 is 0 Å². The number of hydrogen-bond acceptors (Lipinski definition) is 8. The highest BCUT2D eigenvalue weighted by Crippen LogP contribution is 2.35. The van der Waals surface area contributed by atoms with E-state index in [1.165, 1.54) is 0 Å². The SMILES string of the molecule is Nc1n[nH]c(S[C@H]2CC[C@@H](N3CC(c4ncnc5[nH]ccc45)C=N3)CC2)n1. The summed E-state index contributed by atoms with van der Waals surface area (Å²) in [5.41, 5.74) is 7.52. The number of nitrogens with two attached hydrogens (primary N) is 1. The maximum atomic E-state index is 5.58. The highest BCUT2D eigenvalue weighted by molar-refractivity contribution is 7.99. The van der Waals surface area contributed by atoms with Gasteiger partial charge >= 0.3 is 0 Å². The van der Waals surface area contributed by atoms with Gasteiger partial charge in [-0.15, -0.1) is 5.10 Å². The van der Waals surface area contributed by atoms with E-state index < -0.39 is 0 Å². The number of aromatic amines is 2. The molecule has 3 aromatic rings. The molecule has 10 heteroatoms. The Morgan fingerprint density at radius 2 is 2.07 bits per heavy atom. The summed E-state index contributed by atoms with van der Waals surface area (Å²) >= 11 is 1.74. The summed E-state index contributed by atoms with van der Waals surface area (Å²) in [5, 5.41) is 16.2. The van der Waals surface area contributed by atoms with E-state index in [4.69, 9.17) is 10.8 Å². The van der Waals surface area contributed by atoms with Gasteiger partial charge in [-0.3, -0.25) is 10.1 Å². The van der Waals surface area contributed by atoms with Crippen LogP contribution in [-0.4, -0.2) is 59.2 Å². The van der Waals surface area contributed by atoms with Crippen LogP contribution in [0.15, 0.2) is 28.8 Å². The second-order valence-corrected chi connectivity index (χ2v) is 8.33. The van der Waals surface area contributed by atoms with Crippen LogP contribution in [0.25, 0.3) is 11.0 Å². The van der Waals surface area contributed by atoms with Crippen molar-refractivity contribution in [1.29, 1.82) is 0 Å². The third kappa shape index (κ3) is 3.25. The number of anilines is 1. The molecule has 4 N–H and O–H groups in total. The van der Waals surface area contributed by atoms with Crippen molar-refractivity contribution in [3.63, 3.8) is 0 Å². The van der Waals surface area contributed by atoms with E-state index in [9.17, 15) is 0 Å². The molecule has 1 fully saturated rings. The summed E-state index contributed by atoms with van der Waals surface area (Å²) in [6.07, 6.45) is 10.1. The van der Waals surface area contributed by atoms with Gasteiger partial charge in [-0.2, -0.15) is 10.1 Å². The first-order valence-corrected chi connectivity index (χ1v) is 10.1. The summed E-state index contributed by atoms with van der Waals surface area (Å²) < 4.78 is 0. The molecule has 1 aliphatic heterocycles. The second kappa shape index (κ2) is 6.84. The van der Waals surface area contributed by atoms with Crippen molar-refractivity contribution in [3.8, 4) is 0 Å². The quantitative estimate of drug-likeness (QED) is 0.630. The molecule has 1 aliphatic carbocycles. The van der Waals surface area contributed by atoms with Crippen LogP contribution in [0.4, 0.5) is 5.95 Å². The fourth-order valence-electron chi connectivity index (χ4n) is 3.98. The largest absolute Gasteiger partial charge is 0.366 e. The summed E-state index contributed by atoms with van der Waals surface area (Å²) in [4.78, 5) is 16.1. The minimum absolute atomic E-state index is 0.218. The topological polar surface area (TPSA) is 125 Å². The van der Waals surface area contributed by atoms with Crippen molar-refractivity contribution in [2.75, 3.05) is 12.3 Å². The number of nitrogens with zero attached hydrogens (tertiary/aromatic N) is 6. The van der Waals surface area contributed by atoms with Gasteiger partial charge in [0, 0.05) is 35.6 Å². The molecule has 2 aliphatic rings. The number of thioether (sulfide) groups is 1. The van der Waals surface area contributed by atoms with Gasteiger partial charge in [-0.1, -0.05) is 11.8 Å². The van der Waals surface area contributed by atoms with E-state index in [1.54, 1.807) is 18.1 Å². The molecule has 0 spiro atoms. The normalized spacial score (nSPS) is 25.5. The maximum absolute atomic E-state index is 5.58. The standard InChI is InChI=1S/C17H21N9S/c18-16-23-17(25-24-16)27-12-3-1-11(2-4-12)26-8-10(7-22-26)14-13-5-6-19-15(13)21-9-20-14/h5-7,9-12H,1-4,8H2,(H,19,20,21)(H3,18,23,24,25)/t10?,11-,12+. The number of nitrogens with one attached hydrogen (secondary N) is 2. The van der Waals surface area contributed by atoms with E-state index in [-0.39, 0.29) is 5.92 Å². The number of fused-ring (bicyclic) bond motifs is 1. The van der Waals surface area contributed by atoms with Gasteiger partial charge in [0.25, 0.3) is 0 Å². The minimum atomic E-state index is 0.218. The first-order valence-electron chi connectivity index (χ1n) is 9.19. The molecule has 0 radical (unpaired) electrons. The number of hydrogen-bond donors (Lipinski definition) is 3. The average molecular weight is 383 g/mol. The Kier molecular flexibility index (Phi) is 4.19. The predicted octanol–water partition coefficient (Wildman–Crippen LogP) is 2.15. The third-order valence-electron chi connectivity index (χ3n) is 5.34. The van der Waals surface area contributed by atoms with Gasteiger partial charge in [-0.25, -0.2) is 9.97 Å². The first-order chi connectivity index (χ1) is 13.3. The molecule has 9 nitrogen and oxygen atoms in total. The molecule has 0 aromatic carbocycles.